The number of rotatable bonds is 36. The van der Waals surface area contributed by atoms with E-state index in [9.17, 15) is 0 Å². The van der Waals surface area contributed by atoms with Crippen molar-refractivity contribution in [1.29, 1.82) is 0 Å². The SMILES string of the molecule is CCCCCCCCC1(CCCCCCCC)C2=Cc3ccc(N(c4ccccc4)c4ccccc4-c4ccccc4)cc3C2C(CCCCCCCC)(CCCCCCCC)C2=C1c1cc(N(c3ccccc3)c3ccccc3-c3ccccc3)ccc1C2. The molecule has 0 fully saturated rings. The van der Waals surface area contributed by atoms with E-state index in [4.69, 9.17) is 0 Å². The Labute approximate surface area is 545 Å². The zero-order chi connectivity index (χ0) is 61.8. The van der Waals surface area contributed by atoms with Crippen molar-refractivity contribution in [3.63, 3.8) is 0 Å². The van der Waals surface area contributed by atoms with Gasteiger partial charge in [-0.3, -0.25) is 0 Å². The number of anilines is 6. The fourth-order valence-electron chi connectivity index (χ4n) is 16.6. The summed E-state index contributed by atoms with van der Waals surface area (Å²) in [6.45, 7) is 9.49. The molecule has 0 heterocycles. The van der Waals surface area contributed by atoms with Crippen LogP contribution in [0.1, 0.15) is 236 Å². The van der Waals surface area contributed by atoms with Gasteiger partial charge < -0.3 is 9.80 Å². The highest BCUT2D eigenvalue weighted by Gasteiger charge is 2.59. The average Bonchev–Trinajstić information content (AvgIpc) is 1.47. The standard InChI is InChI=1S/C88H106N2/c1-5-9-13-17-21-41-61-87(62-42-22-18-14-10-6-2)81-65-71-57-59-76(90(74-51-35-28-36-52-74)84-56-40-38-54-78(84)70-47-31-26-32-48-70)68-80(71)86(81)88(63-43-23-19-15-11-7-3,64-44-24-20-16-12-8-4)82-66-72-58-60-75(67-79(72)85(82)87)89(73-49-33-27-34-50-73)83-55-39-37-53-77(83)69-45-29-25-30-46-69/h25-40,45-60,65,67-68,86H,5-24,41-44,61-64,66H2,1-4H3. The molecule has 8 aromatic rings. The molecule has 2 heteroatoms. The lowest BCUT2D eigenvalue weighted by Crippen LogP contribution is -2.43. The second-order valence-corrected chi connectivity index (χ2v) is 27.1. The van der Waals surface area contributed by atoms with E-state index < -0.39 is 0 Å². The third kappa shape index (κ3) is 14.5. The minimum Gasteiger partial charge on any atom is -0.310 e. The molecule has 90 heavy (non-hydrogen) atoms. The van der Waals surface area contributed by atoms with Crippen LogP contribution in [0.5, 0.6) is 0 Å². The van der Waals surface area contributed by atoms with Crippen LogP contribution < -0.4 is 9.80 Å². The molecule has 8 aromatic carbocycles. The number of unbranched alkanes of at least 4 members (excludes halogenated alkanes) is 20. The zero-order valence-corrected chi connectivity index (χ0v) is 55.7. The van der Waals surface area contributed by atoms with E-state index >= 15 is 0 Å². The summed E-state index contributed by atoms with van der Waals surface area (Å²) < 4.78 is 0. The highest BCUT2D eigenvalue weighted by Crippen LogP contribution is 2.73. The van der Waals surface area contributed by atoms with Gasteiger partial charge in [-0.1, -0.05) is 345 Å². The van der Waals surface area contributed by atoms with Crippen LogP contribution in [-0.4, -0.2) is 0 Å². The van der Waals surface area contributed by atoms with Crippen molar-refractivity contribution in [2.24, 2.45) is 10.8 Å². The van der Waals surface area contributed by atoms with Crippen LogP contribution in [0, 0.1) is 10.8 Å². The zero-order valence-electron chi connectivity index (χ0n) is 55.7. The van der Waals surface area contributed by atoms with Gasteiger partial charge in [0, 0.05) is 50.6 Å². The van der Waals surface area contributed by atoms with Gasteiger partial charge in [0.25, 0.3) is 0 Å². The van der Waals surface area contributed by atoms with Gasteiger partial charge >= 0.3 is 0 Å². The molecule has 0 N–H and O–H groups in total. The Balaban J connectivity index is 1.16. The molecule has 2 nitrogen and oxygen atoms in total. The molecule has 0 radical (unpaired) electrons. The van der Waals surface area contributed by atoms with E-state index in [2.05, 4.69) is 250 Å². The van der Waals surface area contributed by atoms with Crippen molar-refractivity contribution in [2.75, 3.05) is 9.80 Å². The van der Waals surface area contributed by atoms with Gasteiger partial charge in [0.2, 0.25) is 0 Å². The maximum Gasteiger partial charge on any atom is 0.0540 e. The Bertz CT molecular complexity index is 3520. The number of allylic oxidation sites excluding steroid dienone is 3. The molecular weight excluding hydrogens is 1080 g/mol. The summed E-state index contributed by atoms with van der Waals surface area (Å²) in [5.74, 6) is 0.298. The van der Waals surface area contributed by atoms with Crippen LogP contribution in [0.15, 0.2) is 217 Å². The summed E-state index contributed by atoms with van der Waals surface area (Å²) in [4.78, 5) is 5.19. The van der Waals surface area contributed by atoms with E-state index in [1.807, 2.05) is 5.57 Å². The number of para-hydroxylation sites is 4. The lowest BCUT2D eigenvalue weighted by Gasteiger charge is -2.55. The quantitative estimate of drug-likeness (QED) is 0.0361. The van der Waals surface area contributed by atoms with Crippen LogP contribution >= 0.6 is 0 Å². The molecule has 0 aromatic heterocycles. The predicted molar refractivity (Wildman–Crippen MR) is 391 cm³/mol. The molecule has 3 aliphatic rings. The van der Waals surface area contributed by atoms with Crippen LogP contribution in [0.4, 0.5) is 34.1 Å². The number of fused-ring (bicyclic) bond motifs is 5. The maximum atomic E-state index is 2.86. The smallest absolute Gasteiger partial charge is 0.0540 e. The summed E-state index contributed by atoms with van der Waals surface area (Å²) in [6.07, 6.45) is 40.2. The van der Waals surface area contributed by atoms with E-state index in [0.717, 1.165) is 6.42 Å². The molecule has 468 valence electrons. The highest BCUT2D eigenvalue weighted by molar-refractivity contribution is 5.95. The van der Waals surface area contributed by atoms with Crippen LogP contribution in [-0.2, 0) is 6.42 Å². The van der Waals surface area contributed by atoms with Crippen LogP contribution in [0.25, 0.3) is 33.9 Å². The first-order valence-corrected chi connectivity index (χ1v) is 36.3. The van der Waals surface area contributed by atoms with Gasteiger partial charge in [-0.05, 0) is 132 Å². The van der Waals surface area contributed by atoms with Crippen LogP contribution in [0.3, 0.4) is 0 Å². The summed E-state index contributed by atoms with van der Waals surface area (Å²) in [7, 11) is 0. The molecule has 0 amide bonds. The van der Waals surface area contributed by atoms with Gasteiger partial charge in [0.05, 0.1) is 11.4 Å². The Morgan fingerprint density at radius 3 is 1.20 bits per heavy atom. The summed E-state index contributed by atoms with van der Waals surface area (Å²) in [5, 5.41) is 0. The molecular formula is C88H106N2. The van der Waals surface area contributed by atoms with Crippen molar-refractivity contribution in [3.05, 3.63) is 240 Å². The first kappa shape index (κ1) is 64.4. The van der Waals surface area contributed by atoms with Crippen molar-refractivity contribution < 1.29 is 0 Å². The highest BCUT2D eigenvalue weighted by atomic mass is 15.2. The predicted octanol–water partition coefficient (Wildman–Crippen LogP) is 27.4. The Hall–Kier alpha value is -7.16. The molecule has 0 saturated carbocycles. The van der Waals surface area contributed by atoms with Crippen molar-refractivity contribution >= 4 is 45.8 Å². The number of benzene rings is 8. The Kier molecular flexibility index (Phi) is 23.0. The second kappa shape index (κ2) is 32.2. The number of nitrogens with zero attached hydrogens (tertiary/aromatic N) is 2. The Morgan fingerprint density at radius 2 is 0.733 bits per heavy atom. The first-order valence-electron chi connectivity index (χ1n) is 36.3. The second-order valence-electron chi connectivity index (χ2n) is 27.1. The molecule has 1 unspecified atom stereocenters. The van der Waals surface area contributed by atoms with Gasteiger partial charge in [-0.2, -0.15) is 0 Å². The fraction of sp³-hybridized carbons (Fsp3) is 0.409. The maximum absolute atomic E-state index is 2.86. The largest absolute Gasteiger partial charge is 0.310 e. The molecule has 3 aliphatic carbocycles. The van der Waals surface area contributed by atoms with Gasteiger partial charge in [-0.15, -0.1) is 0 Å². The minimum absolute atomic E-state index is 0.0377. The summed E-state index contributed by atoms with van der Waals surface area (Å²) in [5.41, 5.74) is 23.7. The minimum atomic E-state index is -0.108. The molecule has 0 spiro atoms. The molecule has 11 rings (SSSR count). The van der Waals surface area contributed by atoms with E-state index in [1.165, 1.54) is 242 Å². The van der Waals surface area contributed by atoms with Gasteiger partial charge in [-0.25, -0.2) is 0 Å². The third-order valence-electron chi connectivity index (χ3n) is 21.1. The summed E-state index contributed by atoms with van der Waals surface area (Å²) in [6, 6.07) is 78.7. The van der Waals surface area contributed by atoms with E-state index in [0.29, 0.717) is 5.92 Å². The normalized spacial score (nSPS) is 15.1. The van der Waals surface area contributed by atoms with Crippen molar-refractivity contribution in [1.82, 2.24) is 0 Å². The molecule has 0 saturated heterocycles. The van der Waals surface area contributed by atoms with E-state index in [-0.39, 0.29) is 10.8 Å². The first-order chi connectivity index (χ1) is 44.5. The lowest BCUT2D eigenvalue weighted by atomic mass is 9.48. The molecule has 1 atom stereocenters. The number of hydrogen-bond acceptors (Lipinski definition) is 2. The fourth-order valence-corrected chi connectivity index (χ4v) is 16.6. The lowest BCUT2D eigenvalue weighted by molar-refractivity contribution is 0.196. The number of hydrogen-bond donors (Lipinski definition) is 0. The molecule has 0 aliphatic heterocycles. The summed E-state index contributed by atoms with van der Waals surface area (Å²) >= 11 is 0. The monoisotopic (exact) mass is 1190 g/mol. The average molecular weight is 1190 g/mol. The van der Waals surface area contributed by atoms with Crippen molar-refractivity contribution in [2.45, 2.75) is 220 Å². The molecule has 0 bridgehead atoms. The van der Waals surface area contributed by atoms with Gasteiger partial charge in [0.15, 0.2) is 0 Å². The topological polar surface area (TPSA) is 6.48 Å². The van der Waals surface area contributed by atoms with Crippen molar-refractivity contribution in [3.8, 4) is 22.3 Å². The van der Waals surface area contributed by atoms with E-state index in [1.54, 1.807) is 27.8 Å². The Morgan fingerprint density at radius 1 is 0.344 bits per heavy atom. The van der Waals surface area contributed by atoms with Crippen LogP contribution in [0.2, 0.25) is 0 Å². The third-order valence-corrected chi connectivity index (χ3v) is 21.1. The van der Waals surface area contributed by atoms with Gasteiger partial charge in [0.1, 0.15) is 0 Å².